The quantitative estimate of drug-likeness (QED) is 0.146. The number of hydrogen-bond donors (Lipinski definition) is 0. The van der Waals surface area contributed by atoms with E-state index in [0.29, 0.717) is 0 Å². The lowest BCUT2D eigenvalue weighted by molar-refractivity contribution is 1.18. The normalized spacial score (nSPS) is 11.5. The minimum absolute atomic E-state index is 1.10. The van der Waals surface area contributed by atoms with Crippen molar-refractivity contribution in [2.75, 3.05) is 4.90 Å². The SMILES string of the molecule is c1ccc(-c2cccc3cccc(-c4ccc(N(c5ccc(-c6ccc(-n7c8ccccc8c8ccccc87)cc6)cc5)c5ccc6c(ccc7ccccc76)c5)cc4)c23)cc1. The summed E-state index contributed by atoms with van der Waals surface area (Å²) in [5.74, 6) is 0. The molecule has 0 aliphatic carbocycles. The number of nitrogens with zero attached hydrogens (tertiary/aromatic N) is 2. The van der Waals surface area contributed by atoms with Crippen molar-refractivity contribution in [3.8, 4) is 39.1 Å². The Morgan fingerprint density at radius 1 is 0.274 bits per heavy atom. The largest absolute Gasteiger partial charge is 0.310 e. The number of anilines is 3. The fourth-order valence-corrected chi connectivity index (χ4v) is 9.62. The van der Waals surface area contributed by atoms with Crippen LogP contribution in [0.15, 0.2) is 243 Å². The van der Waals surface area contributed by atoms with Gasteiger partial charge in [-0.2, -0.15) is 0 Å². The van der Waals surface area contributed by atoms with Gasteiger partial charge in [0.2, 0.25) is 0 Å². The average Bonchev–Trinajstić information content (AvgIpc) is 3.69. The second-order valence-electron chi connectivity index (χ2n) is 16.1. The average molecular weight is 789 g/mol. The first-order valence-corrected chi connectivity index (χ1v) is 21.3. The molecule has 0 aliphatic rings. The zero-order chi connectivity index (χ0) is 41.0. The molecule has 0 saturated carbocycles. The minimum Gasteiger partial charge on any atom is -0.310 e. The maximum atomic E-state index is 2.38. The van der Waals surface area contributed by atoms with E-state index in [1.807, 2.05) is 0 Å². The molecule has 12 aromatic rings. The van der Waals surface area contributed by atoms with Crippen LogP contribution in [0.4, 0.5) is 17.1 Å². The van der Waals surface area contributed by atoms with Crippen molar-refractivity contribution in [1.29, 1.82) is 0 Å². The standard InChI is InChI=1S/C60H40N2/c1-2-12-43(13-3-1)54-20-10-15-46-16-11-21-55(60(46)54)45-30-36-49(37-31-45)61(51-38-39-53-47(40-51)25-24-44-14-4-5-17-52(44)53)48-32-26-41(27-33-48)42-28-34-50(35-29-42)62-58-22-8-6-18-56(58)57-19-7-9-23-59(57)62/h1-40H. The molecule has 1 heterocycles. The predicted molar refractivity (Wildman–Crippen MR) is 264 cm³/mol. The molecule has 0 spiro atoms. The van der Waals surface area contributed by atoms with Crippen molar-refractivity contribution in [2.45, 2.75) is 0 Å². The smallest absolute Gasteiger partial charge is 0.0541 e. The van der Waals surface area contributed by atoms with Crippen LogP contribution in [0.25, 0.3) is 93.2 Å². The van der Waals surface area contributed by atoms with Gasteiger partial charge in [0.1, 0.15) is 0 Å². The number of benzene rings is 11. The van der Waals surface area contributed by atoms with Crippen LogP contribution in [0.3, 0.4) is 0 Å². The van der Waals surface area contributed by atoms with Crippen molar-refractivity contribution in [3.05, 3.63) is 243 Å². The fraction of sp³-hybridized carbons (Fsp3) is 0. The molecule has 11 aromatic carbocycles. The topological polar surface area (TPSA) is 8.17 Å². The third-order valence-corrected chi connectivity index (χ3v) is 12.6. The van der Waals surface area contributed by atoms with E-state index in [9.17, 15) is 0 Å². The molecule has 12 rings (SSSR count). The molecule has 0 bridgehead atoms. The summed E-state index contributed by atoms with van der Waals surface area (Å²) < 4.78 is 2.37. The molecule has 0 saturated heterocycles. The van der Waals surface area contributed by atoms with Gasteiger partial charge in [-0.25, -0.2) is 0 Å². The lowest BCUT2D eigenvalue weighted by atomic mass is 9.91. The van der Waals surface area contributed by atoms with Gasteiger partial charge in [0.05, 0.1) is 11.0 Å². The molecule has 1 aromatic heterocycles. The molecule has 0 aliphatic heterocycles. The van der Waals surface area contributed by atoms with Crippen molar-refractivity contribution in [2.24, 2.45) is 0 Å². The molecule has 0 unspecified atom stereocenters. The highest BCUT2D eigenvalue weighted by atomic mass is 15.1. The van der Waals surface area contributed by atoms with Crippen LogP contribution in [-0.4, -0.2) is 4.57 Å². The molecule has 290 valence electrons. The molecule has 62 heavy (non-hydrogen) atoms. The van der Waals surface area contributed by atoms with Gasteiger partial charge in [0.25, 0.3) is 0 Å². The van der Waals surface area contributed by atoms with Gasteiger partial charge in [-0.15, -0.1) is 0 Å². The van der Waals surface area contributed by atoms with Gasteiger partial charge in [0.15, 0.2) is 0 Å². The van der Waals surface area contributed by atoms with Crippen LogP contribution in [0.1, 0.15) is 0 Å². The zero-order valence-corrected chi connectivity index (χ0v) is 34.0. The molecular weight excluding hydrogens is 749 g/mol. The van der Waals surface area contributed by atoms with Gasteiger partial charge in [0, 0.05) is 33.5 Å². The molecule has 0 atom stereocenters. The lowest BCUT2D eigenvalue weighted by Crippen LogP contribution is -2.09. The molecule has 0 radical (unpaired) electrons. The lowest BCUT2D eigenvalue weighted by Gasteiger charge is -2.26. The summed E-state index contributed by atoms with van der Waals surface area (Å²) in [7, 11) is 0. The van der Waals surface area contributed by atoms with Crippen molar-refractivity contribution < 1.29 is 0 Å². The highest BCUT2D eigenvalue weighted by molar-refractivity contribution is 6.10. The molecule has 2 heteroatoms. The Kier molecular flexibility index (Phi) is 8.53. The Labute approximate surface area is 360 Å². The Bertz CT molecular complexity index is 3540. The predicted octanol–water partition coefficient (Wildman–Crippen LogP) is 16.7. The summed E-state index contributed by atoms with van der Waals surface area (Å²) in [6.45, 7) is 0. The minimum atomic E-state index is 1.10. The Balaban J connectivity index is 0.933. The molecule has 0 fully saturated rings. The van der Waals surface area contributed by atoms with Crippen LogP contribution < -0.4 is 4.90 Å². The monoisotopic (exact) mass is 788 g/mol. The first-order chi connectivity index (χ1) is 30.7. The van der Waals surface area contributed by atoms with Crippen LogP contribution in [-0.2, 0) is 0 Å². The van der Waals surface area contributed by atoms with E-state index in [1.165, 1.54) is 87.5 Å². The van der Waals surface area contributed by atoms with Gasteiger partial charge in [-0.3, -0.25) is 0 Å². The number of aromatic nitrogens is 1. The second kappa shape index (κ2) is 14.8. The second-order valence-corrected chi connectivity index (χ2v) is 16.1. The van der Waals surface area contributed by atoms with Crippen LogP contribution >= 0.6 is 0 Å². The van der Waals surface area contributed by atoms with E-state index in [0.717, 1.165) is 22.7 Å². The zero-order valence-electron chi connectivity index (χ0n) is 34.0. The molecular formula is C60H40N2. The third kappa shape index (κ3) is 6.04. The van der Waals surface area contributed by atoms with Crippen molar-refractivity contribution in [1.82, 2.24) is 4.57 Å². The highest BCUT2D eigenvalue weighted by Crippen LogP contribution is 2.41. The van der Waals surface area contributed by atoms with Crippen LogP contribution in [0.2, 0.25) is 0 Å². The van der Waals surface area contributed by atoms with Gasteiger partial charge in [-0.1, -0.05) is 182 Å². The number of fused-ring (bicyclic) bond motifs is 7. The van der Waals surface area contributed by atoms with E-state index in [2.05, 4.69) is 252 Å². The fourth-order valence-electron chi connectivity index (χ4n) is 9.62. The summed E-state index contributed by atoms with van der Waals surface area (Å²) in [5, 5.41) is 10.0. The maximum absolute atomic E-state index is 2.38. The van der Waals surface area contributed by atoms with E-state index < -0.39 is 0 Å². The van der Waals surface area contributed by atoms with E-state index >= 15 is 0 Å². The van der Waals surface area contributed by atoms with Crippen molar-refractivity contribution in [3.63, 3.8) is 0 Å². The number of rotatable bonds is 7. The molecule has 0 amide bonds. The summed E-state index contributed by atoms with van der Waals surface area (Å²) >= 11 is 0. The summed E-state index contributed by atoms with van der Waals surface area (Å²) in [6.07, 6.45) is 0. The maximum Gasteiger partial charge on any atom is 0.0541 e. The first kappa shape index (κ1) is 35.7. The first-order valence-electron chi connectivity index (χ1n) is 21.3. The third-order valence-electron chi connectivity index (χ3n) is 12.6. The van der Waals surface area contributed by atoms with E-state index in [-0.39, 0.29) is 0 Å². The molecule has 0 N–H and O–H groups in total. The van der Waals surface area contributed by atoms with Crippen molar-refractivity contribution >= 4 is 71.2 Å². The van der Waals surface area contributed by atoms with Gasteiger partial charge in [-0.05, 0) is 126 Å². The number of para-hydroxylation sites is 2. The summed E-state index contributed by atoms with van der Waals surface area (Å²) in [6, 6.07) is 88.4. The number of hydrogen-bond acceptors (Lipinski definition) is 1. The summed E-state index contributed by atoms with van der Waals surface area (Å²) in [5.41, 5.74) is 14.1. The van der Waals surface area contributed by atoms with Crippen LogP contribution in [0.5, 0.6) is 0 Å². The molecule has 2 nitrogen and oxygen atoms in total. The van der Waals surface area contributed by atoms with Crippen LogP contribution in [0, 0.1) is 0 Å². The Hall–Kier alpha value is -8.20. The van der Waals surface area contributed by atoms with Gasteiger partial charge < -0.3 is 9.47 Å². The van der Waals surface area contributed by atoms with E-state index in [4.69, 9.17) is 0 Å². The van der Waals surface area contributed by atoms with E-state index in [1.54, 1.807) is 0 Å². The Morgan fingerprint density at radius 3 is 1.39 bits per heavy atom. The highest BCUT2D eigenvalue weighted by Gasteiger charge is 2.17. The Morgan fingerprint density at radius 2 is 0.742 bits per heavy atom. The summed E-state index contributed by atoms with van der Waals surface area (Å²) in [4.78, 5) is 2.38. The van der Waals surface area contributed by atoms with Gasteiger partial charge >= 0.3 is 0 Å².